The molecule has 0 aliphatic carbocycles. The number of Topliss-reactive ketones (excluding diaryl/α,β-unsaturated/α-hetero) is 1. The summed E-state index contributed by atoms with van der Waals surface area (Å²) in [5.41, 5.74) is 5.36. The maximum Gasteiger partial charge on any atom is 0.178 e. The molecule has 3 aromatic rings. The van der Waals surface area contributed by atoms with Crippen LogP contribution in [0.2, 0.25) is 0 Å². The molecule has 0 N–H and O–H groups in total. The van der Waals surface area contributed by atoms with Crippen molar-refractivity contribution in [1.29, 1.82) is 0 Å². The summed E-state index contributed by atoms with van der Waals surface area (Å²) in [6.45, 7) is 8.54. The number of hydrogen-bond donors (Lipinski definition) is 0. The third kappa shape index (κ3) is 5.80. The number of likely N-dealkylation sites (N-methyl/N-ethyl adjacent to an activating group) is 1. The van der Waals surface area contributed by atoms with Gasteiger partial charge < -0.3 is 14.0 Å². The number of ketones is 1. The van der Waals surface area contributed by atoms with E-state index in [0.717, 1.165) is 41.2 Å². The number of nitrogens with zero attached hydrogens (tertiary/aromatic N) is 2. The molecule has 170 valence electrons. The zero-order valence-corrected chi connectivity index (χ0v) is 19.9. The maximum atomic E-state index is 13.1. The lowest BCUT2D eigenvalue weighted by Gasteiger charge is -2.17. The molecule has 5 heteroatoms. The standard InChI is InChI=1S/C27H34N2O3/c1-6-32-26-13-12-23(17-27(26)31-5)18-28(4)19-25(30)24-16-20(2)29(21(24)3)15-14-22-10-8-7-9-11-22/h7-13,16-17H,6,14-15,18-19H2,1-5H3. The van der Waals surface area contributed by atoms with Gasteiger partial charge in [-0.05, 0) is 63.6 Å². The number of hydrogen-bond acceptors (Lipinski definition) is 4. The summed E-state index contributed by atoms with van der Waals surface area (Å²) in [7, 11) is 3.61. The first-order valence-corrected chi connectivity index (χ1v) is 11.1. The minimum atomic E-state index is 0.143. The van der Waals surface area contributed by atoms with Crippen molar-refractivity contribution < 1.29 is 14.3 Å². The van der Waals surface area contributed by atoms with E-state index in [0.29, 0.717) is 25.4 Å². The topological polar surface area (TPSA) is 43.7 Å². The van der Waals surface area contributed by atoms with Crippen LogP contribution in [0.15, 0.2) is 54.6 Å². The molecule has 0 saturated carbocycles. The second-order valence-corrected chi connectivity index (χ2v) is 8.19. The molecular weight excluding hydrogens is 400 g/mol. The third-order valence-electron chi connectivity index (χ3n) is 5.73. The van der Waals surface area contributed by atoms with E-state index in [-0.39, 0.29) is 5.78 Å². The number of ether oxygens (including phenoxy) is 2. The van der Waals surface area contributed by atoms with Gasteiger partial charge in [0, 0.05) is 30.0 Å². The Bertz CT molecular complexity index is 1040. The quantitative estimate of drug-likeness (QED) is 0.395. The van der Waals surface area contributed by atoms with Crippen LogP contribution in [0.25, 0.3) is 0 Å². The van der Waals surface area contributed by atoms with Crippen LogP contribution in [0.4, 0.5) is 0 Å². The van der Waals surface area contributed by atoms with Gasteiger partial charge in [-0.3, -0.25) is 9.69 Å². The molecule has 1 heterocycles. The Labute approximate surface area is 191 Å². The summed E-state index contributed by atoms with van der Waals surface area (Å²) in [5, 5.41) is 0. The Hall–Kier alpha value is -3.05. The van der Waals surface area contributed by atoms with Crippen molar-refractivity contribution in [3.8, 4) is 11.5 Å². The largest absolute Gasteiger partial charge is 0.493 e. The zero-order valence-electron chi connectivity index (χ0n) is 19.9. The zero-order chi connectivity index (χ0) is 23.1. The van der Waals surface area contributed by atoms with Crippen molar-refractivity contribution >= 4 is 5.78 Å². The maximum absolute atomic E-state index is 13.1. The normalized spacial score (nSPS) is 11.1. The van der Waals surface area contributed by atoms with Crippen LogP contribution in [-0.4, -0.2) is 42.6 Å². The minimum Gasteiger partial charge on any atom is -0.493 e. The molecule has 0 aliphatic rings. The highest BCUT2D eigenvalue weighted by Gasteiger charge is 2.17. The number of rotatable bonds is 11. The molecule has 0 fully saturated rings. The SMILES string of the molecule is CCOc1ccc(CN(C)CC(=O)c2cc(C)n(CCc3ccccc3)c2C)cc1OC. The molecule has 0 amide bonds. The van der Waals surface area contributed by atoms with E-state index in [9.17, 15) is 4.79 Å². The van der Waals surface area contributed by atoms with Crippen LogP contribution in [-0.2, 0) is 19.5 Å². The first kappa shape index (κ1) is 23.6. The van der Waals surface area contributed by atoms with E-state index >= 15 is 0 Å². The molecule has 0 radical (unpaired) electrons. The van der Waals surface area contributed by atoms with Crippen LogP contribution in [0.3, 0.4) is 0 Å². The Kier molecular flexibility index (Phi) is 8.12. The molecule has 0 saturated heterocycles. The van der Waals surface area contributed by atoms with Gasteiger partial charge in [0.1, 0.15) is 0 Å². The van der Waals surface area contributed by atoms with Gasteiger partial charge in [-0.25, -0.2) is 0 Å². The fourth-order valence-corrected chi connectivity index (χ4v) is 4.10. The fraction of sp³-hybridized carbons (Fsp3) is 0.370. The summed E-state index contributed by atoms with van der Waals surface area (Å²) in [5.74, 6) is 1.59. The first-order chi connectivity index (χ1) is 15.4. The number of carbonyl (C=O) groups excluding carboxylic acids is 1. The van der Waals surface area contributed by atoms with Crippen molar-refractivity contribution in [2.45, 2.75) is 40.3 Å². The van der Waals surface area contributed by atoms with Gasteiger partial charge in [0.15, 0.2) is 17.3 Å². The average Bonchev–Trinajstić information content (AvgIpc) is 3.07. The molecule has 3 rings (SSSR count). The van der Waals surface area contributed by atoms with Gasteiger partial charge in [-0.2, -0.15) is 0 Å². The Morgan fingerprint density at radius 2 is 1.75 bits per heavy atom. The lowest BCUT2D eigenvalue weighted by Crippen LogP contribution is -2.26. The predicted octanol–water partition coefficient (Wildman–Crippen LogP) is 5.07. The highest BCUT2D eigenvalue weighted by atomic mass is 16.5. The van der Waals surface area contributed by atoms with Gasteiger partial charge in [0.2, 0.25) is 0 Å². The van der Waals surface area contributed by atoms with Crippen molar-refractivity contribution in [2.24, 2.45) is 0 Å². The third-order valence-corrected chi connectivity index (χ3v) is 5.73. The van der Waals surface area contributed by atoms with Crippen molar-refractivity contribution in [3.05, 3.63) is 82.7 Å². The van der Waals surface area contributed by atoms with Gasteiger partial charge in [0.25, 0.3) is 0 Å². The number of aryl methyl sites for hydroxylation is 2. The Morgan fingerprint density at radius 1 is 1.00 bits per heavy atom. The highest BCUT2D eigenvalue weighted by molar-refractivity contribution is 5.99. The summed E-state index contributed by atoms with van der Waals surface area (Å²) >= 11 is 0. The molecule has 2 aromatic carbocycles. The molecule has 0 atom stereocenters. The summed E-state index contributed by atoms with van der Waals surface area (Å²) in [6, 6.07) is 18.4. The number of carbonyl (C=O) groups is 1. The van der Waals surface area contributed by atoms with E-state index in [1.807, 2.05) is 56.1 Å². The van der Waals surface area contributed by atoms with Gasteiger partial charge in [0.05, 0.1) is 20.3 Å². The lowest BCUT2D eigenvalue weighted by atomic mass is 10.1. The number of aromatic nitrogens is 1. The van der Waals surface area contributed by atoms with Gasteiger partial charge >= 0.3 is 0 Å². The van der Waals surface area contributed by atoms with Gasteiger partial charge in [-0.1, -0.05) is 36.4 Å². The fourth-order valence-electron chi connectivity index (χ4n) is 4.10. The second-order valence-electron chi connectivity index (χ2n) is 8.19. The molecule has 0 bridgehead atoms. The molecular formula is C27H34N2O3. The van der Waals surface area contributed by atoms with Crippen LogP contribution in [0.5, 0.6) is 11.5 Å². The van der Waals surface area contributed by atoms with E-state index in [1.165, 1.54) is 5.56 Å². The van der Waals surface area contributed by atoms with E-state index in [4.69, 9.17) is 9.47 Å². The average molecular weight is 435 g/mol. The smallest absolute Gasteiger partial charge is 0.178 e. The van der Waals surface area contributed by atoms with Crippen LogP contribution >= 0.6 is 0 Å². The molecule has 0 spiro atoms. The Morgan fingerprint density at radius 3 is 2.44 bits per heavy atom. The van der Waals surface area contributed by atoms with E-state index in [2.05, 4.69) is 35.8 Å². The molecule has 5 nitrogen and oxygen atoms in total. The predicted molar refractivity (Wildman–Crippen MR) is 129 cm³/mol. The number of methoxy groups -OCH3 is 1. The molecule has 1 aromatic heterocycles. The van der Waals surface area contributed by atoms with Crippen molar-refractivity contribution in [1.82, 2.24) is 9.47 Å². The molecule has 0 unspecified atom stereocenters. The summed E-state index contributed by atoms with van der Waals surface area (Å²) in [4.78, 5) is 15.1. The second kappa shape index (κ2) is 11.0. The highest BCUT2D eigenvalue weighted by Crippen LogP contribution is 2.28. The van der Waals surface area contributed by atoms with Crippen molar-refractivity contribution in [3.63, 3.8) is 0 Å². The van der Waals surface area contributed by atoms with Crippen LogP contribution in [0, 0.1) is 13.8 Å². The van der Waals surface area contributed by atoms with Crippen LogP contribution in [0.1, 0.15) is 39.8 Å². The lowest BCUT2D eigenvalue weighted by molar-refractivity contribution is 0.0942. The van der Waals surface area contributed by atoms with Crippen molar-refractivity contribution in [2.75, 3.05) is 27.3 Å². The molecule has 0 aliphatic heterocycles. The van der Waals surface area contributed by atoms with E-state index in [1.54, 1.807) is 7.11 Å². The van der Waals surface area contributed by atoms with Crippen LogP contribution < -0.4 is 9.47 Å². The number of benzene rings is 2. The summed E-state index contributed by atoms with van der Waals surface area (Å²) in [6.07, 6.45) is 0.949. The summed E-state index contributed by atoms with van der Waals surface area (Å²) < 4.78 is 13.3. The first-order valence-electron chi connectivity index (χ1n) is 11.1. The minimum absolute atomic E-state index is 0.143. The Balaban J connectivity index is 1.64. The van der Waals surface area contributed by atoms with Gasteiger partial charge in [-0.15, -0.1) is 0 Å². The monoisotopic (exact) mass is 434 g/mol. The van der Waals surface area contributed by atoms with E-state index < -0.39 is 0 Å². The molecule has 32 heavy (non-hydrogen) atoms.